The highest BCUT2D eigenvalue weighted by Gasteiger charge is 2.12. The van der Waals surface area contributed by atoms with Crippen LogP contribution in [0.3, 0.4) is 0 Å². The second kappa shape index (κ2) is 8.53. The minimum absolute atomic E-state index is 0.0621. The van der Waals surface area contributed by atoms with Crippen LogP contribution in [0.2, 0.25) is 0 Å². The third-order valence-electron chi connectivity index (χ3n) is 3.12. The second-order valence-corrected chi connectivity index (χ2v) is 5.13. The van der Waals surface area contributed by atoms with E-state index in [1.807, 2.05) is 30.3 Å². The van der Waals surface area contributed by atoms with Crippen LogP contribution >= 0.6 is 0 Å². The van der Waals surface area contributed by atoms with Gasteiger partial charge in [-0.1, -0.05) is 25.1 Å². The maximum Gasteiger partial charge on any atom is 0.304 e. The average molecular weight is 264 g/mol. The van der Waals surface area contributed by atoms with Crippen molar-refractivity contribution < 1.29 is 9.90 Å². The molecule has 1 aromatic carbocycles. The number of rotatable bonds is 9. The molecular weight excluding hydrogens is 240 g/mol. The lowest BCUT2D eigenvalue weighted by Gasteiger charge is -2.16. The first kappa shape index (κ1) is 15.5. The van der Waals surface area contributed by atoms with Crippen molar-refractivity contribution in [2.45, 2.75) is 38.6 Å². The number of nitrogens with two attached hydrogens (primary N) is 1. The Labute approximate surface area is 115 Å². The van der Waals surface area contributed by atoms with Crippen LogP contribution in [0.5, 0.6) is 0 Å². The first-order valence-electron chi connectivity index (χ1n) is 6.84. The third-order valence-corrected chi connectivity index (χ3v) is 3.12. The molecule has 0 saturated carbocycles. The van der Waals surface area contributed by atoms with E-state index in [4.69, 9.17) is 10.8 Å². The van der Waals surface area contributed by atoms with Gasteiger partial charge in [0.25, 0.3) is 0 Å². The molecule has 0 bridgehead atoms. The van der Waals surface area contributed by atoms with Crippen molar-refractivity contribution in [2.75, 3.05) is 11.9 Å². The van der Waals surface area contributed by atoms with E-state index in [-0.39, 0.29) is 12.5 Å². The van der Waals surface area contributed by atoms with Crippen molar-refractivity contribution in [2.24, 2.45) is 11.7 Å². The van der Waals surface area contributed by atoms with Crippen LogP contribution in [-0.2, 0) is 4.79 Å². The van der Waals surface area contributed by atoms with Crippen LogP contribution in [0, 0.1) is 5.92 Å². The zero-order chi connectivity index (χ0) is 14.1. The summed E-state index contributed by atoms with van der Waals surface area (Å²) in [7, 11) is 0. The first-order valence-corrected chi connectivity index (χ1v) is 6.84. The van der Waals surface area contributed by atoms with Gasteiger partial charge in [-0.25, -0.2) is 0 Å². The van der Waals surface area contributed by atoms with Gasteiger partial charge in [0.1, 0.15) is 0 Å². The van der Waals surface area contributed by atoms with Gasteiger partial charge < -0.3 is 16.2 Å². The summed E-state index contributed by atoms with van der Waals surface area (Å²) in [5.41, 5.74) is 6.91. The highest BCUT2D eigenvalue weighted by molar-refractivity contribution is 5.67. The van der Waals surface area contributed by atoms with Gasteiger partial charge in [-0.3, -0.25) is 4.79 Å². The predicted octanol–water partition coefficient (Wildman–Crippen LogP) is 2.71. The smallest absolute Gasteiger partial charge is 0.304 e. The molecule has 0 aliphatic heterocycles. The fourth-order valence-corrected chi connectivity index (χ4v) is 2.18. The number of para-hydroxylation sites is 1. The average Bonchev–Trinajstić information content (AvgIpc) is 2.35. The van der Waals surface area contributed by atoms with Crippen LogP contribution in [-0.4, -0.2) is 23.7 Å². The number of hydrogen-bond acceptors (Lipinski definition) is 3. The normalized spacial score (nSPS) is 13.8. The Morgan fingerprint density at radius 1 is 1.37 bits per heavy atom. The number of carboxylic acids is 1. The number of benzene rings is 1. The third kappa shape index (κ3) is 7.47. The molecule has 0 heterocycles. The van der Waals surface area contributed by atoms with Gasteiger partial charge in [0.2, 0.25) is 0 Å². The van der Waals surface area contributed by atoms with Crippen LogP contribution < -0.4 is 11.1 Å². The molecule has 0 fully saturated rings. The van der Waals surface area contributed by atoms with E-state index in [0.717, 1.165) is 31.5 Å². The summed E-state index contributed by atoms with van der Waals surface area (Å²) in [6.45, 7) is 3.06. The maximum absolute atomic E-state index is 10.5. The van der Waals surface area contributed by atoms with Crippen LogP contribution in [0.15, 0.2) is 30.3 Å². The van der Waals surface area contributed by atoms with Crippen molar-refractivity contribution in [1.29, 1.82) is 0 Å². The molecule has 4 N–H and O–H groups in total. The summed E-state index contributed by atoms with van der Waals surface area (Å²) in [6.07, 6.45) is 2.97. The van der Waals surface area contributed by atoms with Crippen molar-refractivity contribution in [3.63, 3.8) is 0 Å². The summed E-state index contributed by atoms with van der Waals surface area (Å²) >= 11 is 0. The largest absolute Gasteiger partial charge is 0.481 e. The maximum atomic E-state index is 10.5. The molecule has 1 rings (SSSR count). The summed E-state index contributed by atoms with van der Waals surface area (Å²) in [5.74, 6) is -0.350. The van der Waals surface area contributed by atoms with Gasteiger partial charge in [0, 0.05) is 18.3 Å². The Balaban J connectivity index is 2.10. The lowest BCUT2D eigenvalue weighted by atomic mass is 9.96. The van der Waals surface area contributed by atoms with Gasteiger partial charge in [0.05, 0.1) is 6.42 Å². The molecule has 0 spiro atoms. The zero-order valence-corrected chi connectivity index (χ0v) is 11.5. The quantitative estimate of drug-likeness (QED) is 0.599. The molecule has 2 atom stereocenters. The number of aliphatic carboxylic acids is 1. The van der Waals surface area contributed by atoms with E-state index in [1.54, 1.807) is 0 Å². The Bertz CT molecular complexity index is 368. The van der Waals surface area contributed by atoms with Gasteiger partial charge in [-0.15, -0.1) is 0 Å². The number of anilines is 1. The first-order chi connectivity index (χ1) is 9.08. The Morgan fingerprint density at radius 2 is 2.05 bits per heavy atom. The van der Waals surface area contributed by atoms with Crippen molar-refractivity contribution in [3.8, 4) is 0 Å². The molecule has 0 amide bonds. The van der Waals surface area contributed by atoms with Gasteiger partial charge in [-0.2, -0.15) is 0 Å². The summed E-state index contributed by atoms with van der Waals surface area (Å²) < 4.78 is 0. The fourth-order valence-electron chi connectivity index (χ4n) is 2.18. The Hall–Kier alpha value is -1.55. The van der Waals surface area contributed by atoms with E-state index in [0.29, 0.717) is 5.92 Å². The van der Waals surface area contributed by atoms with E-state index < -0.39 is 5.97 Å². The van der Waals surface area contributed by atoms with Crippen molar-refractivity contribution >= 4 is 11.7 Å². The molecule has 1 aromatic rings. The molecule has 0 aliphatic carbocycles. The minimum Gasteiger partial charge on any atom is -0.481 e. The molecule has 4 heteroatoms. The van der Waals surface area contributed by atoms with E-state index in [9.17, 15) is 4.79 Å². The standard InChI is InChI=1S/C15H24N2O2/c1-12(10-13(16)11-15(18)19)6-5-9-17-14-7-3-2-4-8-14/h2-4,7-8,12-13,17H,5-6,9-11,16H2,1H3,(H,18,19)/t12-,13-/m0/s1. The van der Waals surface area contributed by atoms with Crippen LogP contribution in [0.25, 0.3) is 0 Å². The number of hydrogen-bond donors (Lipinski definition) is 3. The highest BCUT2D eigenvalue weighted by Crippen LogP contribution is 2.14. The van der Waals surface area contributed by atoms with Gasteiger partial charge in [-0.05, 0) is 37.3 Å². The number of carboxylic acid groups (broad SMARTS) is 1. The van der Waals surface area contributed by atoms with E-state index in [2.05, 4.69) is 12.2 Å². The Morgan fingerprint density at radius 3 is 2.68 bits per heavy atom. The monoisotopic (exact) mass is 264 g/mol. The summed E-state index contributed by atoms with van der Waals surface area (Å²) in [4.78, 5) is 10.5. The zero-order valence-electron chi connectivity index (χ0n) is 11.5. The van der Waals surface area contributed by atoms with Gasteiger partial charge >= 0.3 is 5.97 Å². The van der Waals surface area contributed by atoms with Crippen LogP contribution in [0.4, 0.5) is 5.69 Å². The van der Waals surface area contributed by atoms with Crippen LogP contribution in [0.1, 0.15) is 32.6 Å². The summed E-state index contributed by atoms with van der Waals surface area (Å²) in [5, 5.41) is 12.0. The second-order valence-electron chi connectivity index (χ2n) is 5.13. The molecule has 106 valence electrons. The molecule has 19 heavy (non-hydrogen) atoms. The SMILES string of the molecule is C[C@@H](CCCNc1ccccc1)C[C@H](N)CC(=O)O. The molecular formula is C15H24N2O2. The number of carbonyl (C=O) groups is 1. The fraction of sp³-hybridized carbons (Fsp3) is 0.533. The van der Waals surface area contributed by atoms with E-state index in [1.165, 1.54) is 0 Å². The molecule has 4 nitrogen and oxygen atoms in total. The molecule has 0 radical (unpaired) electrons. The molecule has 0 aromatic heterocycles. The number of nitrogens with one attached hydrogen (secondary N) is 1. The predicted molar refractivity (Wildman–Crippen MR) is 78.2 cm³/mol. The Kier molecular flexibility index (Phi) is 6.97. The lowest BCUT2D eigenvalue weighted by Crippen LogP contribution is -2.26. The molecule has 0 saturated heterocycles. The topological polar surface area (TPSA) is 75.3 Å². The highest BCUT2D eigenvalue weighted by atomic mass is 16.4. The van der Waals surface area contributed by atoms with E-state index >= 15 is 0 Å². The molecule has 0 aliphatic rings. The van der Waals surface area contributed by atoms with Crippen molar-refractivity contribution in [3.05, 3.63) is 30.3 Å². The van der Waals surface area contributed by atoms with Crippen molar-refractivity contribution in [1.82, 2.24) is 0 Å². The lowest BCUT2D eigenvalue weighted by molar-refractivity contribution is -0.137. The van der Waals surface area contributed by atoms with Gasteiger partial charge in [0.15, 0.2) is 0 Å². The minimum atomic E-state index is -0.814. The summed E-state index contributed by atoms with van der Waals surface area (Å²) in [6, 6.07) is 9.89. The molecule has 0 unspecified atom stereocenters.